The van der Waals surface area contributed by atoms with Gasteiger partial charge >= 0.3 is 5.97 Å². The van der Waals surface area contributed by atoms with Crippen LogP contribution in [0.5, 0.6) is 0 Å². The highest BCUT2D eigenvalue weighted by Crippen LogP contribution is 2.32. The van der Waals surface area contributed by atoms with Gasteiger partial charge in [-0.05, 0) is 57.0 Å². The highest BCUT2D eigenvalue weighted by Gasteiger charge is 2.37. The summed E-state index contributed by atoms with van der Waals surface area (Å²) in [7, 11) is 0. The molecule has 0 aromatic rings. The van der Waals surface area contributed by atoms with Crippen molar-refractivity contribution in [2.24, 2.45) is 11.8 Å². The average molecular weight is 254 g/mol. The number of aliphatic carboxylic acids is 1. The smallest absolute Gasteiger partial charge is 0.326 e. The summed E-state index contributed by atoms with van der Waals surface area (Å²) >= 11 is 0. The fraction of sp³-hybridized carbons (Fsp3) is 0.846. The summed E-state index contributed by atoms with van der Waals surface area (Å²) in [5, 5.41) is 15.0. The van der Waals surface area contributed by atoms with E-state index in [2.05, 4.69) is 10.6 Å². The van der Waals surface area contributed by atoms with Crippen LogP contribution in [0.15, 0.2) is 0 Å². The fourth-order valence-corrected chi connectivity index (χ4v) is 2.56. The summed E-state index contributed by atoms with van der Waals surface area (Å²) in [6, 6.07) is -0.662. The monoisotopic (exact) mass is 254 g/mol. The second-order valence-corrected chi connectivity index (χ2v) is 5.45. The Morgan fingerprint density at radius 1 is 1.22 bits per heavy atom. The third-order valence-electron chi connectivity index (χ3n) is 3.91. The number of carboxylic acid groups (broad SMARTS) is 1. The fourth-order valence-electron chi connectivity index (χ4n) is 2.56. The molecule has 1 saturated heterocycles. The lowest BCUT2D eigenvalue weighted by atomic mass is 9.93. The number of hydrogen-bond donors (Lipinski definition) is 3. The summed E-state index contributed by atoms with van der Waals surface area (Å²) in [5.74, 6) is -0.230. The summed E-state index contributed by atoms with van der Waals surface area (Å²) < 4.78 is 0. The minimum absolute atomic E-state index is 0.104. The van der Waals surface area contributed by atoms with Crippen LogP contribution in [0, 0.1) is 11.8 Å². The number of rotatable bonds is 6. The van der Waals surface area contributed by atoms with E-state index in [4.69, 9.17) is 5.11 Å². The van der Waals surface area contributed by atoms with Gasteiger partial charge in [-0.25, -0.2) is 4.79 Å². The molecule has 102 valence electrons. The van der Waals surface area contributed by atoms with Crippen molar-refractivity contribution in [1.82, 2.24) is 10.6 Å². The van der Waals surface area contributed by atoms with E-state index >= 15 is 0 Å². The molecule has 0 aromatic heterocycles. The Morgan fingerprint density at radius 3 is 2.44 bits per heavy atom. The molecule has 2 rings (SSSR count). The minimum Gasteiger partial charge on any atom is -0.480 e. The van der Waals surface area contributed by atoms with Gasteiger partial charge in [0.1, 0.15) is 6.04 Å². The van der Waals surface area contributed by atoms with Crippen molar-refractivity contribution in [3.05, 3.63) is 0 Å². The summed E-state index contributed by atoms with van der Waals surface area (Å²) in [6.45, 7) is 2.07. The Balaban J connectivity index is 1.68. The first kappa shape index (κ1) is 13.3. The third kappa shape index (κ3) is 3.98. The van der Waals surface area contributed by atoms with Crippen LogP contribution < -0.4 is 10.6 Å². The lowest BCUT2D eigenvalue weighted by Gasteiger charge is -2.22. The number of nitrogens with one attached hydrogen (secondary N) is 2. The zero-order chi connectivity index (χ0) is 13.0. The van der Waals surface area contributed by atoms with Crippen molar-refractivity contribution in [1.29, 1.82) is 0 Å². The van der Waals surface area contributed by atoms with Crippen molar-refractivity contribution < 1.29 is 14.7 Å². The maximum atomic E-state index is 11.7. The van der Waals surface area contributed by atoms with Gasteiger partial charge in [0.2, 0.25) is 5.91 Å². The minimum atomic E-state index is -0.896. The van der Waals surface area contributed by atoms with Gasteiger partial charge in [0.25, 0.3) is 0 Å². The molecular formula is C13H22N2O3. The second-order valence-electron chi connectivity index (χ2n) is 5.45. The van der Waals surface area contributed by atoms with Crippen molar-refractivity contribution in [2.45, 2.75) is 44.6 Å². The molecule has 3 N–H and O–H groups in total. The number of carbonyl (C=O) groups excluding carboxylic acids is 1. The van der Waals surface area contributed by atoms with E-state index in [1.54, 1.807) is 0 Å². The van der Waals surface area contributed by atoms with Crippen LogP contribution >= 0.6 is 0 Å². The first-order chi connectivity index (χ1) is 8.66. The largest absolute Gasteiger partial charge is 0.480 e. The Morgan fingerprint density at radius 2 is 1.89 bits per heavy atom. The molecule has 0 bridgehead atoms. The predicted molar refractivity (Wildman–Crippen MR) is 67.1 cm³/mol. The molecule has 5 nitrogen and oxygen atoms in total. The number of carbonyl (C=O) groups is 2. The molecule has 5 heteroatoms. The zero-order valence-electron chi connectivity index (χ0n) is 10.7. The summed E-state index contributed by atoms with van der Waals surface area (Å²) in [6.07, 6.45) is 5.43. The van der Waals surface area contributed by atoms with Crippen LogP contribution in [-0.2, 0) is 9.59 Å². The topological polar surface area (TPSA) is 78.4 Å². The molecule has 0 radical (unpaired) electrons. The molecule has 2 aliphatic rings. The van der Waals surface area contributed by atoms with E-state index in [-0.39, 0.29) is 11.8 Å². The van der Waals surface area contributed by atoms with Gasteiger partial charge in [0, 0.05) is 6.42 Å². The van der Waals surface area contributed by atoms with Crippen LogP contribution in [0.25, 0.3) is 0 Å². The van der Waals surface area contributed by atoms with Gasteiger partial charge in [0.05, 0.1) is 0 Å². The van der Waals surface area contributed by atoms with Crippen molar-refractivity contribution >= 4 is 11.9 Å². The highest BCUT2D eigenvalue weighted by atomic mass is 16.4. The van der Waals surface area contributed by atoms with Crippen LogP contribution in [0.2, 0.25) is 0 Å². The van der Waals surface area contributed by atoms with E-state index in [9.17, 15) is 9.59 Å². The molecule has 1 saturated carbocycles. The molecule has 1 aliphatic carbocycles. The van der Waals surface area contributed by atoms with Gasteiger partial charge in [-0.15, -0.1) is 0 Å². The van der Waals surface area contributed by atoms with Gasteiger partial charge in [-0.1, -0.05) is 0 Å². The van der Waals surface area contributed by atoms with Gasteiger partial charge in [-0.3, -0.25) is 4.79 Å². The molecule has 1 atom stereocenters. The Hall–Kier alpha value is -1.10. The van der Waals surface area contributed by atoms with Crippen LogP contribution in [0.3, 0.4) is 0 Å². The van der Waals surface area contributed by atoms with Crippen LogP contribution in [0.1, 0.15) is 38.5 Å². The highest BCUT2D eigenvalue weighted by molar-refractivity contribution is 5.84. The van der Waals surface area contributed by atoms with Crippen LogP contribution in [-0.4, -0.2) is 36.1 Å². The zero-order valence-corrected chi connectivity index (χ0v) is 10.7. The van der Waals surface area contributed by atoms with Gasteiger partial charge < -0.3 is 15.7 Å². The Labute approximate surface area is 107 Å². The number of piperidine rings is 1. The SMILES string of the molecule is O=C(CCC1CCNCC1)NC(C(=O)O)C1CC1. The van der Waals surface area contributed by atoms with E-state index in [0.29, 0.717) is 12.3 Å². The summed E-state index contributed by atoms with van der Waals surface area (Å²) in [4.78, 5) is 22.7. The van der Waals surface area contributed by atoms with E-state index in [1.807, 2.05) is 0 Å². The molecule has 0 aromatic carbocycles. The third-order valence-corrected chi connectivity index (χ3v) is 3.91. The normalized spacial score (nSPS) is 22.4. The molecular weight excluding hydrogens is 232 g/mol. The first-order valence-electron chi connectivity index (χ1n) is 6.89. The standard InChI is InChI=1S/C13H22N2O3/c16-11(4-1-9-5-7-14-8-6-9)15-12(13(17)18)10-2-3-10/h9-10,12,14H,1-8H2,(H,15,16)(H,17,18). The Bertz CT molecular complexity index is 309. The second kappa shape index (κ2) is 6.18. The molecule has 2 fully saturated rings. The van der Waals surface area contributed by atoms with E-state index in [1.165, 1.54) is 0 Å². The van der Waals surface area contributed by atoms with E-state index < -0.39 is 12.0 Å². The lowest BCUT2D eigenvalue weighted by Crippen LogP contribution is -2.42. The number of hydrogen-bond acceptors (Lipinski definition) is 3. The van der Waals surface area contributed by atoms with Crippen LogP contribution in [0.4, 0.5) is 0 Å². The molecule has 1 amide bonds. The average Bonchev–Trinajstić information content (AvgIpc) is 3.18. The maximum absolute atomic E-state index is 11.7. The summed E-state index contributed by atoms with van der Waals surface area (Å²) in [5.41, 5.74) is 0. The predicted octanol–water partition coefficient (Wildman–Crippen LogP) is 0.746. The van der Waals surface area contributed by atoms with Gasteiger partial charge in [-0.2, -0.15) is 0 Å². The Kier molecular flexibility index (Phi) is 4.58. The molecule has 0 spiro atoms. The quantitative estimate of drug-likeness (QED) is 0.653. The number of carboxylic acids is 1. The molecule has 1 unspecified atom stereocenters. The maximum Gasteiger partial charge on any atom is 0.326 e. The lowest BCUT2D eigenvalue weighted by molar-refractivity contribution is -0.142. The number of amides is 1. The van der Waals surface area contributed by atoms with Crippen molar-refractivity contribution in [2.75, 3.05) is 13.1 Å². The first-order valence-corrected chi connectivity index (χ1v) is 6.89. The van der Waals surface area contributed by atoms with E-state index in [0.717, 1.165) is 45.2 Å². The molecule has 18 heavy (non-hydrogen) atoms. The van der Waals surface area contributed by atoms with Gasteiger partial charge in [0.15, 0.2) is 0 Å². The molecule has 1 heterocycles. The molecule has 1 aliphatic heterocycles. The van der Waals surface area contributed by atoms with Crippen molar-refractivity contribution in [3.63, 3.8) is 0 Å². The van der Waals surface area contributed by atoms with Crippen molar-refractivity contribution in [3.8, 4) is 0 Å².